The Morgan fingerprint density at radius 2 is 2.26 bits per heavy atom. The van der Waals surface area contributed by atoms with E-state index in [9.17, 15) is 4.79 Å². The second-order valence-electron chi connectivity index (χ2n) is 4.99. The second kappa shape index (κ2) is 5.48. The van der Waals surface area contributed by atoms with Crippen LogP contribution in [0.5, 0.6) is 0 Å². The molecular formula is C14H21N3O2. The summed E-state index contributed by atoms with van der Waals surface area (Å²) in [6.07, 6.45) is 1.17. The zero-order valence-corrected chi connectivity index (χ0v) is 11.4. The standard InChI is InChI=1S/C14H21N3O2/c1-3-10-8-19-9(2)7-17(10)11-4-5-13(15)12(6-11)14(16)18/h4-6,9-10H,3,7-8,15H2,1-2H3,(H2,16,18). The van der Waals surface area contributed by atoms with Gasteiger partial charge in [0, 0.05) is 17.9 Å². The van der Waals surface area contributed by atoms with Crippen LogP contribution in [0.4, 0.5) is 11.4 Å². The number of morpholine rings is 1. The maximum Gasteiger partial charge on any atom is 0.250 e. The lowest BCUT2D eigenvalue weighted by Gasteiger charge is -2.40. The zero-order chi connectivity index (χ0) is 14.0. The molecule has 2 atom stereocenters. The summed E-state index contributed by atoms with van der Waals surface area (Å²) in [5.41, 5.74) is 12.9. The van der Waals surface area contributed by atoms with E-state index in [1.807, 2.05) is 13.0 Å². The number of anilines is 2. The smallest absolute Gasteiger partial charge is 0.250 e. The average Bonchev–Trinajstić information content (AvgIpc) is 2.39. The fraction of sp³-hybridized carbons (Fsp3) is 0.500. The summed E-state index contributed by atoms with van der Waals surface area (Å²) < 4.78 is 5.68. The molecule has 5 nitrogen and oxygen atoms in total. The first kappa shape index (κ1) is 13.7. The van der Waals surface area contributed by atoms with Gasteiger partial charge in [-0.1, -0.05) is 6.92 Å². The molecule has 0 saturated carbocycles. The van der Waals surface area contributed by atoms with Gasteiger partial charge in [0.2, 0.25) is 0 Å². The lowest BCUT2D eigenvalue weighted by atomic mass is 10.1. The molecular weight excluding hydrogens is 242 g/mol. The molecule has 1 heterocycles. The van der Waals surface area contributed by atoms with Gasteiger partial charge in [0.05, 0.1) is 24.3 Å². The molecule has 1 amide bonds. The average molecular weight is 263 g/mol. The van der Waals surface area contributed by atoms with Crippen LogP contribution in [0.3, 0.4) is 0 Å². The van der Waals surface area contributed by atoms with Crippen molar-refractivity contribution in [1.29, 1.82) is 0 Å². The third-order valence-electron chi connectivity index (χ3n) is 3.57. The van der Waals surface area contributed by atoms with Crippen molar-refractivity contribution >= 4 is 17.3 Å². The Labute approximate surface area is 113 Å². The number of hydrogen-bond donors (Lipinski definition) is 2. The van der Waals surface area contributed by atoms with E-state index in [1.54, 1.807) is 12.1 Å². The maximum atomic E-state index is 11.4. The summed E-state index contributed by atoms with van der Waals surface area (Å²) in [7, 11) is 0. The molecule has 4 N–H and O–H groups in total. The molecule has 0 radical (unpaired) electrons. The Kier molecular flexibility index (Phi) is 3.95. The predicted octanol–water partition coefficient (Wildman–Crippen LogP) is 1.37. The van der Waals surface area contributed by atoms with Crippen molar-refractivity contribution in [3.8, 4) is 0 Å². The van der Waals surface area contributed by atoms with Gasteiger partial charge in [-0.3, -0.25) is 4.79 Å². The highest BCUT2D eigenvalue weighted by Crippen LogP contribution is 2.26. The molecule has 2 rings (SSSR count). The van der Waals surface area contributed by atoms with Crippen LogP contribution in [0, 0.1) is 0 Å². The van der Waals surface area contributed by atoms with Crippen LogP contribution >= 0.6 is 0 Å². The van der Waals surface area contributed by atoms with E-state index in [0.29, 0.717) is 23.9 Å². The Morgan fingerprint density at radius 3 is 2.89 bits per heavy atom. The van der Waals surface area contributed by atoms with Gasteiger partial charge in [-0.05, 0) is 31.5 Å². The maximum absolute atomic E-state index is 11.4. The molecule has 19 heavy (non-hydrogen) atoms. The van der Waals surface area contributed by atoms with Crippen LogP contribution in [0.2, 0.25) is 0 Å². The molecule has 0 spiro atoms. The topological polar surface area (TPSA) is 81.6 Å². The first-order valence-electron chi connectivity index (χ1n) is 6.60. The van der Waals surface area contributed by atoms with Gasteiger partial charge in [-0.15, -0.1) is 0 Å². The molecule has 5 heteroatoms. The monoisotopic (exact) mass is 263 g/mol. The van der Waals surface area contributed by atoms with Crippen molar-refractivity contribution in [2.24, 2.45) is 5.73 Å². The van der Waals surface area contributed by atoms with E-state index in [0.717, 1.165) is 18.7 Å². The number of rotatable bonds is 3. The van der Waals surface area contributed by atoms with Gasteiger partial charge < -0.3 is 21.1 Å². The molecule has 0 aromatic heterocycles. The fourth-order valence-electron chi connectivity index (χ4n) is 2.43. The number of benzene rings is 1. The Balaban J connectivity index is 2.33. The number of nitrogen functional groups attached to an aromatic ring is 1. The fourth-order valence-corrected chi connectivity index (χ4v) is 2.43. The van der Waals surface area contributed by atoms with Crippen LogP contribution in [-0.4, -0.2) is 31.2 Å². The van der Waals surface area contributed by atoms with Crippen molar-refractivity contribution in [1.82, 2.24) is 0 Å². The van der Waals surface area contributed by atoms with E-state index >= 15 is 0 Å². The lowest BCUT2D eigenvalue weighted by Crippen LogP contribution is -2.48. The minimum atomic E-state index is -0.492. The molecule has 1 aliphatic heterocycles. The Morgan fingerprint density at radius 1 is 1.53 bits per heavy atom. The number of carbonyl (C=O) groups is 1. The van der Waals surface area contributed by atoms with E-state index in [4.69, 9.17) is 16.2 Å². The third-order valence-corrected chi connectivity index (χ3v) is 3.57. The number of hydrogen-bond acceptors (Lipinski definition) is 4. The summed E-state index contributed by atoms with van der Waals surface area (Å²) in [5, 5.41) is 0. The lowest BCUT2D eigenvalue weighted by molar-refractivity contribution is 0.0299. The van der Waals surface area contributed by atoms with Gasteiger partial charge in [0.15, 0.2) is 0 Å². The van der Waals surface area contributed by atoms with Crippen LogP contribution in [0.1, 0.15) is 30.6 Å². The van der Waals surface area contributed by atoms with Gasteiger partial charge >= 0.3 is 0 Å². The van der Waals surface area contributed by atoms with Crippen molar-refractivity contribution in [3.05, 3.63) is 23.8 Å². The highest BCUT2D eigenvalue weighted by Gasteiger charge is 2.26. The number of amides is 1. The van der Waals surface area contributed by atoms with Gasteiger partial charge in [0.1, 0.15) is 0 Å². The number of primary amides is 1. The highest BCUT2D eigenvalue weighted by molar-refractivity contribution is 5.99. The minimum Gasteiger partial charge on any atom is -0.398 e. The number of ether oxygens (including phenoxy) is 1. The minimum absolute atomic E-state index is 0.178. The summed E-state index contributed by atoms with van der Waals surface area (Å²) >= 11 is 0. The summed E-state index contributed by atoms with van der Waals surface area (Å²) in [6, 6.07) is 5.77. The van der Waals surface area contributed by atoms with Gasteiger partial charge in [-0.25, -0.2) is 0 Å². The second-order valence-corrected chi connectivity index (χ2v) is 4.99. The molecule has 0 aliphatic carbocycles. The molecule has 104 valence electrons. The van der Waals surface area contributed by atoms with E-state index < -0.39 is 5.91 Å². The number of nitrogens with zero attached hydrogens (tertiary/aromatic N) is 1. The third kappa shape index (κ3) is 2.81. The zero-order valence-electron chi connectivity index (χ0n) is 11.4. The van der Waals surface area contributed by atoms with E-state index in [2.05, 4.69) is 11.8 Å². The highest BCUT2D eigenvalue weighted by atomic mass is 16.5. The van der Waals surface area contributed by atoms with Crippen molar-refractivity contribution in [2.45, 2.75) is 32.4 Å². The summed E-state index contributed by atoms with van der Waals surface area (Å²) in [4.78, 5) is 13.6. The molecule has 1 aliphatic rings. The number of carbonyl (C=O) groups excluding carboxylic acids is 1. The summed E-state index contributed by atoms with van der Waals surface area (Å²) in [6.45, 7) is 5.68. The molecule has 1 aromatic rings. The van der Waals surface area contributed by atoms with E-state index in [-0.39, 0.29) is 6.10 Å². The SMILES string of the molecule is CCC1COC(C)CN1c1ccc(N)c(C(N)=O)c1. The van der Waals surface area contributed by atoms with Crippen LogP contribution < -0.4 is 16.4 Å². The van der Waals surface area contributed by atoms with Gasteiger partial charge in [0.25, 0.3) is 5.91 Å². The van der Waals surface area contributed by atoms with Gasteiger partial charge in [-0.2, -0.15) is 0 Å². The first-order chi connectivity index (χ1) is 9.02. The van der Waals surface area contributed by atoms with E-state index in [1.165, 1.54) is 0 Å². The molecule has 1 fully saturated rings. The van der Waals surface area contributed by atoms with Crippen LogP contribution in [0.25, 0.3) is 0 Å². The molecule has 1 aromatic carbocycles. The summed E-state index contributed by atoms with van der Waals surface area (Å²) in [5.74, 6) is -0.492. The normalized spacial score (nSPS) is 23.4. The Bertz CT molecular complexity index is 476. The Hall–Kier alpha value is -1.75. The molecule has 2 unspecified atom stereocenters. The first-order valence-corrected chi connectivity index (χ1v) is 6.60. The number of nitrogens with two attached hydrogens (primary N) is 2. The predicted molar refractivity (Wildman–Crippen MR) is 76.2 cm³/mol. The quantitative estimate of drug-likeness (QED) is 0.807. The van der Waals surface area contributed by atoms with Crippen LogP contribution in [-0.2, 0) is 4.74 Å². The van der Waals surface area contributed by atoms with Crippen molar-refractivity contribution in [3.63, 3.8) is 0 Å². The molecule has 1 saturated heterocycles. The van der Waals surface area contributed by atoms with Crippen LogP contribution in [0.15, 0.2) is 18.2 Å². The van der Waals surface area contributed by atoms with Crippen molar-refractivity contribution < 1.29 is 9.53 Å². The molecule has 0 bridgehead atoms. The largest absolute Gasteiger partial charge is 0.398 e. The van der Waals surface area contributed by atoms with Crippen molar-refractivity contribution in [2.75, 3.05) is 23.8 Å².